The molecule has 0 radical (unpaired) electrons. The summed E-state index contributed by atoms with van der Waals surface area (Å²) in [4.78, 5) is 12.5. The molecule has 0 aromatic rings. The summed E-state index contributed by atoms with van der Waals surface area (Å²) in [6.07, 6.45) is 59.4. The molecule has 0 aliphatic carbocycles. The zero-order valence-corrected chi connectivity index (χ0v) is 39.5. The molecule has 1 amide bonds. The molecule has 0 aliphatic rings. The topological polar surface area (TPSA) is 89.8 Å². The van der Waals surface area contributed by atoms with Crippen molar-refractivity contribution in [2.24, 2.45) is 0 Å². The molecule has 346 valence electrons. The molecule has 3 unspecified atom stereocenters. The number of amides is 1. The van der Waals surface area contributed by atoms with Crippen molar-refractivity contribution in [2.75, 3.05) is 6.61 Å². The molecule has 3 atom stereocenters. The lowest BCUT2D eigenvalue weighted by atomic mass is 9.99. The first-order chi connectivity index (χ1) is 28.6. The van der Waals surface area contributed by atoms with Crippen molar-refractivity contribution in [2.45, 2.75) is 315 Å². The largest absolute Gasteiger partial charge is 0.394 e. The Labute approximate surface area is 363 Å². The van der Waals surface area contributed by atoms with Crippen LogP contribution in [0.25, 0.3) is 0 Å². The minimum Gasteiger partial charge on any atom is -0.394 e. The first-order valence-electron chi connectivity index (χ1n) is 26.5. The molecule has 0 bridgehead atoms. The summed E-state index contributed by atoms with van der Waals surface area (Å²) in [5, 5.41) is 33.5. The van der Waals surface area contributed by atoms with E-state index < -0.39 is 18.2 Å². The molecule has 58 heavy (non-hydrogen) atoms. The Morgan fingerprint density at radius 1 is 0.414 bits per heavy atom. The average molecular weight is 820 g/mol. The molecule has 0 fully saturated rings. The molecule has 0 heterocycles. The van der Waals surface area contributed by atoms with Gasteiger partial charge in [0.1, 0.15) is 6.10 Å². The molecule has 4 N–H and O–H groups in total. The van der Waals surface area contributed by atoms with E-state index in [0.29, 0.717) is 12.8 Å². The van der Waals surface area contributed by atoms with Crippen LogP contribution in [0.5, 0.6) is 0 Å². The lowest BCUT2D eigenvalue weighted by Crippen LogP contribution is -2.50. The molecule has 0 spiro atoms. The van der Waals surface area contributed by atoms with Gasteiger partial charge in [-0.15, -0.1) is 0 Å². The van der Waals surface area contributed by atoms with Gasteiger partial charge in [-0.05, 0) is 38.5 Å². The minimum absolute atomic E-state index is 0.140. The van der Waals surface area contributed by atoms with E-state index in [9.17, 15) is 20.1 Å². The second-order valence-electron chi connectivity index (χ2n) is 18.4. The molecule has 5 nitrogen and oxygen atoms in total. The van der Waals surface area contributed by atoms with Gasteiger partial charge in [-0.2, -0.15) is 0 Å². The Morgan fingerprint density at radius 2 is 0.690 bits per heavy atom. The number of carbonyl (C=O) groups is 1. The van der Waals surface area contributed by atoms with Gasteiger partial charge >= 0.3 is 0 Å². The van der Waals surface area contributed by atoms with Crippen molar-refractivity contribution in [1.29, 1.82) is 0 Å². The van der Waals surface area contributed by atoms with Crippen molar-refractivity contribution in [3.8, 4) is 0 Å². The highest BCUT2D eigenvalue weighted by Crippen LogP contribution is 2.17. The molecule has 5 heteroatoms. The zero-order chi connectivity index (χ0) is 42.3. The fraction of sp³-hybridized carbons (Fsp3) is 0.943. The van der Waals surface area contributed by atoms with Gasteiger partial charge in [0.05, 0.1) is 18.8 Å². The average Bonchev–Trinajstić information content (AvgIpc) is 3.23. The summed E-state index contributed by atoms with van der Waals surface area (Å²) in [6, 6.07) is -0.804. The monoisotopic (exact) mass is 820 g/mol. The molecular weight excluding hydrogens is 715 g/mol. The summed E-state index contributed by atoms with van der Waals surface area (Å²) >= 11 is 0. The third-order valence-corrected chi connectivity index (χ3v) is 12.6. The normalized spacial score (nSPS) is 13.4. The van der Waals surface area contributed by atoms with Gasteiger partial charge in [0, 0.05) is 6.42 Å². The second-order valence-corrected chi connectivity index (χ2v) is 18.4. The first-order valence-corrected chi connectivity index (χ1v) is 26.5. The minimum atomic E-state index is -1.13. The first kappa shape index (κ1) is 57.1. The number of unbranched alkanes of at least 4 members (excludes halogenated alkanes) is 39. The van der Waals surface area contributed by atoms with Gasteiger partial charge in [0.15, 0.2) is 0 Å². The van der Waals surface area contributed by atoms with Crippen molar-refractivity contribution >= 4 is 5.91 Å². The summed E-state index contributed by atoms with van der Waals surface area (Å²) in [5.74, 6) is -0.140. The standard InChI is InChI=1S/C53H105NO4/c1-3-5-7-9-11-13-15-16-17-18-19-20-21-22-23-24-25-26-27-28-29-30-31-32-33-34-35-36-38-40-42-44-46-48-52(57)54-50(49-55)53(58)51(56)47-45-43-41-39-37-14-12-10-8-6-4-2/h22-23,50-51,53,55-56,58H,3-21,24-49H2,1-2H3,(H,54,57)/b23-22-. The van der Waals surface area contributed by atoms with Crippen LogP contribution in [0.15, 0.2) is 12.2 Å². The van der Waals surface area contributed by atoms with Crippen molar-refractivity contribution in [3.05, 3.63) is 12.2 Å². The Bertz CT molecular complexity index is 818. The number of aliphatic hydroxyl groups excluding tert-OH is 3. The van der Waals surface area contributed by atoms with Crippen molar-refractivity contribution < 1.29 is 20.1 Å². The van der Waals surface area contributed by atoms with Gasteiger partial charge in [0.25, 0.3) is 0 Å². The van der Waals surface area contributed by atoms with Gasteiger partial charge in [-0.25, -0.2) is 0 Å². The Hall–Kier alpha value is -0.910. The summed E-state index contributed by atoms with van der Waals surface area (Å²) in [7, 11) is 0. The lowest BCUT2D eigenvalue weighted by Gasteiger charge is -2.26. The predicted octanol–water partition coefficient (Wildman–Crippen LogP) is 15.9. The Kier molecular flexibility index (Phi) is 48.0. The molecule has 0 aliphatic heterocycles. The van der Waals surface area contributed by atoms with Crippen molar-refractivity contribution in [3.63, 3.8) is 0 Å². The Balaban J connectivity index is 3.44. The zero-order valence-electron chi connectivity index (χ0n) is 39.5. The number of hydrogen-bond donors (Lipinski definition) is 4. The van der Waals surface area contributed by atoms with Crippen LogP contribution in [0.3, 0.4) is 0 Å². The van der Waals surface area contributed by atoms with Crippen LogP contribution in [-0.4, -0.2) is 46.1 Å². The highest BCUT2D eigenvalue weighted by atomic mass is 16.3. The van der Waals surface area contributed by atoms with E-state index in [-0.39, 0.29) is 12.5 Å². The van der Waals surface area contributed by atoms with Crippen LogP contribution in [0.2, 0.25) is 0 Å². The molecule has 0 saturated heterocycles. The van der Waals surface area contributed by atoms with E-state index in [1.807, 2.05) is 0 Å². The fourth-order valence-electron chi connectivity index (χ4n) is 8.51. The molecule has 0 saturated carbocycles. The maximum Gasteiger partial charge on any atom is 0.220 e. The van der Waals surface area contributed by atoms with E-state index in [1.54, 1.807) is 0 Å². The van der Waals surface area contributed by atoms with E-state index >= 15 is 0 Å². The molecule has 0 aromatic heterocycles. The van der Waals surface area contributed by atoms with Crippen LogP contribution in [-0.2, 0) is 4.79 Å². The third kappa shape index (κ3) is 43.2. The number of aliphatic hydroxyl groups is 3. The van der Waals surface area contributed by atoms with E-state index in [2.05, 4.69) is 31.3 Å². The summed E-state index contributed by atoms with van der Waals surface area (Å²) in [6.45, 7) is 4.19. The van der Waals surface area contributed by atoms with E-state index in [1.165, 1.54) is 231 Å². The van der Waals surface area contributed by atoms with Crippen LogP contribution in [0.4, 0.5) is 0 Å². The number of rotatable bonds is 49. The smallest absolute Gasteiger partial charge is 0.220 e. The molecular formula is C53H105NO4. The third-order valence-electron chi connectivity index (χ3n) is 12.6. The summed E-state index contributed by atoms with van der Waals surface area (Å²) in [5.41, 5.74) is 0. The van der Waals surface area contributed by atoms with Gasteiger partial charge in [0.2, 0.25) is 5.91 Å². The van der Waals surface area contributed by atoms with Crippen LogP contribution in [0.1, 0.15) is 296 Å². The number of allylic oxidation sites excluding steroid dienone is 2. The highest BCUT2D eigenvalue weighted by molar-refractivity contribution is 5.76. The lowest BCUT2D eigenvalue weighted by molar-refractivity contribution is -0.124. The SMILES string of the molecule is CCCCCCCCCCCCCC/C=C\CCCCCCCCCCCCCCCCCCCC(=O)NC(CO)C(O)C(O)CCCCCCCCCCCCC. The second kappa shape index (κ2) is 48.8. The van der Waals surface area contributed by atoms with Gasteiger partial charge in [-0.1, -0.05) is 264 Å². The van der Waals surface area contributed by atoms with Crippen LogP contribution < -0.4 is 5.32 Å². The molecule has 0 rings (SSSR count). The van der Waals surface area contributed by atoms with Crippen LogP contribution >= 0.6 is 0 Å². The highest BCUT2D eigenvalue weighted by Gasteiger charge is 2.26. The van der Waals surface area contributed by atoms with Crippen molar-refractivity contribution in [1.82, 2.24) is 5.32 Å². The number of hydrogen-bond acceptors (Lipinski definition) is 4. The summed E-state index contributed by atoms with van der Waals surface area (Å²) < 4.78 is 0. The quantitative estimate of drug-likeness (QED) is 0.0364. The number of nitrogens with one attached hydrogen (secondary N) is 1. The maximum absolute atomic E-state index is 12.5. The van der Waals surface area contributed by atoms with Gasteiger partial charge < -0.3 is 20.6 Å². The number of carbonyl (C=O) groups excluding carboxylic acids is 1. The Morgan fingerprint density at radius 3 is 1.00 bits per heavy atom. The van der Waals surface area contributed by atoms with E-state index in [4.69, 9.17) is 0 Å². The predicted molar refractivity (Wildman–Crippen MR) is 255 cm³/mol. The van der Waals surface area contributed by atoms with E-state index in [0.717, 1.165) is 38.5 Å². The van der Waals surface area contributed by atoms with Crippen LogP contribution in [0, 0.1) is 0 Å². The molecule has 0 aromatic carbocycles. The maximum atomic E-state index is 12.5. The fourth-order valence-corrected chi connectivity index (χ4v) is 8.51. The van der Waals surface area contributed by atoms with Gasteiger partial charge in [-0.3, -0.25) is 4.79 Å².